The van der Waals surface area contributed by atoms with Crippen LogP contribution in [0.5, 0.6) is 0 Å². The lowest BCUT2D eigenvalue weighted by Crippen LogP contribution is -2.29. The molecule has 86 valence electrons. The Morgan fingerprint density at radius 1 is 1.31 bits per heavy atom. The Labute approximate surface area is 105 Å². The lowest BCUT2D eigenvalue weighted by Gasteiger charge is -2.22. The molecule has 1 saturated heterocycles. The molecular weight excluding hydrogens is 240 g/mol. The largest absolute Gasteiger partial charge is 0.388 e. The molecule has 1 aromatic rings. The summed E-state index contributed by atoms with van der Waals surface area (Å²) >= 11 is 6.97. The Morgan fingerprint density at radius 2 is 2.12 bits per heavy atom. The van der Waals surface area contributed by atoms with E-state index < -0.39 is 0 Å². The normalized spacial score (nSPS) is 16.9. The Morgan fingerprint density at radius 3 is 2.94 bits per heavy atom. The van der Waals surface area contributed by atoms with Gasteiger partial charge in [0.2, 0.25) is 0 Å². The number of anilines is 1. The van der Waals surface area contributed by atoms with E-state index in [1.165, 1.54) is 5.75 Å². The van der Waals surface area contributed by atoms with Crippen LogP contribution in [-0.4, -0.2) is 39.6 Å². The molecule has 2 N–H and O–H groups in total. The molecule has 16 heavy (non-hydrogen) atoms. The lowest BCUT2D eigenvalue weighted by molar-refractivity contribution is 0.796. The second-order valence-corrected chi connectivity index (χ2v) is 5.21. The second-order valence-electron chi connectivity index (χ2n) is 3.55. The third-order valence-corrected chi connectivity index (χ3v) is 3.68. The number of thiocarbonyl (C=S) groups is 1. The van der Waals surface area contributed by atoms with Crippen molar-refractivity contribution in [3.8, 4) is 0 Å². The first-order valence-electron chi connectivity index (χ1n) is 5.22. The molecule has 4 nitrogen and oxygen atoms in total. The second kappa shape index (κ2) is 5.45. The van der Waals surface area contributed by atoms with Crippen LogP contribution in [0.15, 0.2) is 12.4 Å². The Kier molecular flexibility index (Phi) is 3.95. The number of nitrogens with two attached hydrogens (primary N) is 1. The number of nitrogens with zero attached hydrogens (tertiary/aromatic N) is 3. The van der Waals surface area contributed by atoms with Gasteiger partial charge in [0.1, 0.15) is 10.7 Å². The highest BCUT2D eigenvalue weighted by Crippen LogP contribution is 2.19. The van der Waals surface area contributed by atoms with Gasteiger partial charge in [-0.25, -0.2) is 9.97 Å². The average molecular weight is 254 g/mol. The monoisotopic (exact) mass is 254 g/mol. The van der Waals surface area contributed by atoms with Gasteiger partial charge < -0.3 is 10.6 Å². The van der Waals surface area contributed by atoms with Crippen LogP contribution in [0.1, 0.15) is 12.1 Å². The molecule has 2 heterocycles. The topological polar surface area (TPSA) is 55.0 Å². The van der Waals surface area contributed by atoms with E-state index in [-0.39, 0.29) is 0 Å². The van der Waals surface area contributed by atoms with Gasteiger partial charge in [0.05, 0.1) is 0 Å². The molecule has 1 aliphatic rings. The van der Waals surface area contributed by atoms with Crippen LogP contribution < -0.4 is 10.6 Å². The third-order valence-electron chi connectivity index (χ3n) is 2.43. The summed E-state index contributed by atoms with van der Waals surface area (Å²) in [6.45, 7) is 1.99. The number of hydrogen-bond donors (Lipinski definition) is 1. The van der Waals surface area contributed by atoms with Crippen LogP contribution in [0.4, 0.5) is 5.82 Å². The van der Waals surface area contributed by atoms with E-state index >= 15 is 0 Å². The molecule has 0 aliphatic carbocycles. The van der Waals surface area contributed by atoms with Crippen molar-refractivity contribution in [3.05, 3.63) is 18.1 Å². The summed E-state index contributed by atoms with van der Waals surface area (Å²) in [5.74, 6) is 3.16. The molecule has 1 aliphatic heterocycles. The van der Waals surface area contributed by atoms with Gasteiger partial charge in [0.15, 0.2) is 5.82 Å². The number of aromatic nitrogens is 2. The fourth-order valence-corrected chi connectivity index (χ4v) is 2.72. The van der Waals surface area contributed by atoms with Crippen LogP contribution in [0.3, 0.4) is 0 Å². The van der Waals surface area contributed by atoms with E-state index in [1.807, 2.05) is 11.8 Å². The van der Waals surface area contributed by atoms with Crippen molar-refractivity contribution in [1.82, 2.24) is 9.97 Å². The molecule has 1 fully saturated rings. The fourth-order valence-electron chi connectivity index (χ4n) is 1.69. The van der Waals surface area contributed by atoms with Crippen molar-refractivity contribution in [1.29, 1.82) is 0 Å². The highest BCUT2D eigenvalue weighted by atomic mass is 32.2. The molecule has 2 rings (SSSR count). The van der Waals surface area contributed by atoms with Gasteiger partial charge in [0, 0.05) is 31.2 Å². The number of hydrogen-bond acceptors (Lipinski definition) is 5. The minimum atomic E-state index is 0.319. The maximum absolute atomic E-state index is 5.66. The quantitative estimate of drug-likeness (QED) is 0.796. The maximum Gasteiger partial charge on any atom is 0.157 e. The number of thioether (sulfide) groups is 1. The average Bonchev–Trinajstić information content (AvgIpc) is 2.57. The highest BCUT2D eigenvalue weighted by Gasteiger charge is 2.16. The molecule has 0 amide bonds. The van der Waals surface area contributed by atoms with Crippen molar-refractivity contribution >= 4 is 34.8 Å². The Balaban J connectivity index is 2.27. The Bertz CT molecular complexity index is 375. The molecular formula is C10H14N4S2. The van der Waals surface area contributed by atoms with Crippen LogP contribution in [0, 0.1) is 0 Å². The summed E-state index contributed by atoms with van der Waals surface area (Å²) in [5.41, 5.74) is 6.30. The van der Waals surface area contributed by atoms with Crippen LogP contribution in [-0.2, 0) is 0 Å². The van der Waals surface area contributed by atoms with Gasteiger partial charge in [-0.05, 0) is 12.2 Å². The maximum atomic E-state index is 5.66. The minimum Gasteiger partial charge on any atom is -0.388 e. The van der Waals surface area contributed by atoms with Crippen LogP contribution in [0.25, 0.3) is 0 Å². The summed E-state index contributed by atoms with van der Waals surface area (Å²) in [4.78, 5) is 11.1. The predicted molar refractivity (Wildman–Crippen MR) is 72.1 cm³/mol. The van der Waals surface area contributed by atoms with E-state index in [9.17, 15) is 0 Å². The first kappa shape index (κ1) is 11.6. The van der Waals surface area contributed by atoms with Gasteiger partial charge in [-0.15, -0.1) is 0 Å². The first-order chi connectivity index (χ1) is 7.79. The first-order valence-corrected chi connectivity index (χ1v) is 6.79. The molecule has 0 bridgehead atoms. The van der Waals surface area contributed by atoms with E-state index in [0.717, 1.165) is 31.1 Å². The standard InChI is InChI=1S/C10H14N4S2/c11-9(15)8-10(13-3-2-12-8)14-4-1-6-16-7-5-14/h2-3H,1,4-7H2,(H2,11,15). The summed E-state index contributed by atoms with van der Waals surface area (Å²) in [6.07, 6.45) is 4.48. The summed E-state index contributed by atoms with van der Waals surface area (Å²) in [6, 6.07) is 0. The molecule has 0 unspecified atom stereocenters. The van der Waals surface area contributed by atoms with Gasteiger partial charge in [-0.3, -0.25) is 0 Å². The molecule has 6 heteroatoms. The summed E-state index contributed by atoms with van der Waals surface area (Å²) in [5, 5.41) is 0. The molecule has 0 radical (unpaired) electrons. The highest BCUT2D eigenvalue weighted by molar-refractivity contribution is 7.99. The van der Waals surface area contributed by atoms with E-state index in [0.29, 0.717) is 10.7 Å². The van der Waals surface area contributed by atoms with Gasteiger partial charge >= 0.3 is 0 Å². The van der Waals surface area contributed by atoms with Gasteiger partial charge in [-0.2, -0.15) is 11.8 Å². The zero-order valence-electron chi connectivity index (χ0n) is 8.93. The smallest absolute Gasteiger partial charge is 0.157 e. The van der Waals surface area contributed by atoms with Crippen LogP contribution >= 0.6 is 24.0 Å². The van der Waals surface area contributed by atoms with E-state index in [2.05, 4.69) is 14.9 Å². The van der Waals surface area contributed by atoms with Crippen molar-refractivity contribution < 1.29 is 0 Å². The van der Waals surface area contributed by atoms with E-state index in [1.54, 1.807) is 12.4 Å². The summed E-state index contributed by atoms with van der Waals surface area (Å²) < 4.78 is 0. The van der Waals surface area contributed by atoms with Crippen LogP contribution in [0.2, 0.25) is 0 Å². The van der Waals surface area contributed by atoms with Crippen molar-refractivity contribution in [2.45, 2.75) is 6.42 Å². The van der Waals surface area contributed by atoms with Crippen molar-refractivity contribution in [2.75, 3.05) is 29.5 Å². The van der Waals surface area contributed by atoms with Gasteiger partial charge in [-0.1, -0.05) is 12.2 Å². The molecule has 0 atom stereocenters. The van der Waals surface area contributed by atoms with Crippen molar-refractivity contribution in [3.63, 3.8) is 0 Å². The summed E-state index contributed by atoms with van der Waals surface area (Å²) in [7, 11) is 0. The minimum absolute atomic E-state index is 0.319. The molecule has 1 aromatic heterocycles. The lowest BCUT2D eigenvalue weighted by atomic mass is 10.3. The zero-order chi connectivity index (χ0) is 11.4. The molecule has 0 saturated carbocycles. The van der Waals surface area contributed by atoms with Crippen molar-refractivity contribution in [2.24, 2.45) is 5.73 Å². The molecule has 0 spiro atoms. The fraction of sp³-hybridized carbons (Fsp3) is 0.500. The predicted octanol–water partition coefficient (Wildman–Crippen LogP) is 1.05. The van der Waals surface area contributed by atoms with E-state index in [4.69, 9.17) is 18.0 Å². The SMILES string of the molecule is NC(=S)c1nccnc1N1CCCSCC1. The Hall–Kier alpha value is -0.880. The van der Waals surface area contributed by atoms with Gasteiger partial charge in [0.25, 0.3) is 0 Å². The third kappa shape index (κ3) is 2.62. The number of rotatable bonds is 2. The zero-order valence-corrected chi connectivity index (χ0v) is 10.6. The molecule has 0 aromatic carbocycles.